The van der Waals surface area contributed by atoms with Crippen LogP contribution in [0.15, 0.2) is 0 Å². The maximum Gasteiger partial charge on any atom is 0.0168 e. The average Bonchev–Trinajstić information content (AvgIpc) is 1.82. The largest absolute Gasteiger partial charge is 0.298 e. The van der Waals surface area contributed by atoms with Crippen LogP contribution in [0.3, 0.4) is 0 Å². The van der Waals surface area contributed by atoms with E-state index in [2.05, 4.69) is 39.6 Å². The van der Waals surface area contributed by atoms with Gasteiger partial charge in [0.2, 0.25) is 0 Å². The summed E-state index contributed by atoms with van der Waals surface area (Å²) in [5.74, 6) is 0.818. The molecule has 0 amide bonds. The predicted molar refractivity (Wildman–Crippen MR) is 45.1 cm³/mol. The molecule has 0 saturated carbocycles. The van der Waals surface area contributed by atoms with E-state index in [4.69, 9.17) is 0 Å². The van der Waals surface area contributed by atoms with Crippen molar-refractivity contribution in [1.82, 2.24) is 4.90 Å². The Morgan fingerprint density at radius 2 is 1.90 bits per heavy atom. The molecule has 0 aromatic heterocycles. The summed E-state index contributed by atoms with van der Waals surface area (Å²) in [6.45, 7) is 9.23. The van der Waals surface area contributed by atoms with Crippen LogP contribution in [0.25, 0.3) is 0 Å². The van der Waals surface area contributed by atoms with Crippen molar-refractivity contribution >= 4 is 0 Å². The van der Waals surface area contributed by atoms with Gasteiger partial charge >= 0.3 is 0 Å². The summed E-state index contributed by atoms with van der Waals surface area (Å²) in [6, 6.07) is 0.829. The molecule has 0 bridgehead atoms. The van der Waals surface area contributed by atoms with Crippen LogP contribution in [0.1, 0.15) is 34.1 Å². The first-order chi connectivity index (χ1) is 4.45. The van der Waals surface area contributed by atoms with Crippen molar-refractivity contribution in [3.05, 3.63) is 0 Å². The molecule has 0 aromatic rings. The fourth-order valence-corrected chi connectivity index (χ4v) is 1.81. The third kappa shape index (κ3) is 1.07. The van der Waals surface area contributed by atoms with Crippen molar-refractivity contribution in [2.24, 2.45) is 5.92 Å². The Morgan fingerprint density at radius 1 is 1.40 bits per heavy atom. The Labute approximate surface area is 64.4 Å². The van der Waals surface area contributed by atoms with Gasteiger partial charge in [0.25, 0.3) is 0 Å². The Morgan fingerprint density at radius 3 is 2.00 bits per heavy atom. The number of nitrogens with zero attached hydrogens (tertiary/aromatic N) is 1. The lowest BCUT2D eigenvalue weighted by molar-refractivity contribution is -0.0478. The SMILES string of the molecule is CC(C)C1CC(C)(C)N1C. The van der Waals surface area contributed by atoms with E-state index in [1.807, 2.05) is 0 Å². The van der Waals surface area contributed by atoms with Gasteiger partial charge in [-0.15, -0.1) is 0 Å². The number of hydrogen-bond acceptors (Lipinski definition) is 1. The van der Waals surface area contributed by atoms with Gasteiger partial charge in [0, 0.05) is 11.6 Å². The molecule has 1 aliphatic rings. The van der Waals surface area contributed by atoms with Crippen molar-refractivity contribution in [2.45, 2.75) is 45.7 Å². The molecule has 0 spiro atoms. The first kappa shape index (κ1) is 8.06. The second kappa shape index (κ2) is 2.23. The fourth-order valence-electron chi connectivity index (χ4n) is 1.81. The van der Waals surface area contributed by atoms with Crippen molar-refractivity contribution in [3.8, 4) is 0 Å². The smallest absolute Gasteiger partial charge is 0.0168 e. The van der Waals surface area contributed by atoms with Gasteiger partial charge in [0.15, 0.2) is 0 Å². The highest BCUT2D eigenvalue weighted by Gasteiger charge is 2.42. The molecule has 1 fully saturated rings. The standard InChI is InChI=1S/C9H19N/c1-7(2)8-6-9(3,4)10(8)5/h7-8H,6H2,1-5H3. The van der Waals surface area contributed by atoms with Crippen LogP contribution in [-0.4, -0.2) is 23.5 Å². The van der Waals surface area contributed by atoms with E-state index >= 15 is 0 Å². The van der Waals surface area contributed by atoms with Gasteiger partial charge in [-0.2, -0.15) is 0 Å². The number of hydrogen-bond donors (Lipinski definition) is 0. The molecule has 1 rings (SSSR count). The average molecular weight is 141 g/mol. The van der Waals surface area contributed by atoms with Crippen molar-refractivity contribution in [3.63, 3.8) is 0 Å². The monoisotopic (exact) mass is 141 g/mol. The van der Waals surface area contributed by atoms with Gasteiger partial charge < -0.3 is 0 Å². The minimum Gasteiger partial charge on any atom is -0.298 e. The number of likely N-dealkylation sites (tertiary alicyclic amines) is 1. The lowest BCUT2D eigenvalue weighted by Crippen LogP contribution is -2.62. The van der Waals surface area contributed by atoms with Crippen LogP contribution in [0, 0.1) is 5.92 Å². The molecular weight excluding hydrogens is 122 g/mol. The molecule has 1 heterocycles. The van der Waals surface area contributed by atoms with Gasteiger partial charge in [0.05, 0.1) is 0 Å². The molecule has 0 N–H and O–H groups in total. The van der Waals surface area contributed by atoms with Crippen LogP contribution in [0.5, 0.6) is 0 Å². The molecule has 1 saturated heterocycles. The summed E-state index contributed by atoms with van der Waals surface area (Å²) >= 11 is 0. The molecule has 0 aromatic carbocycles. The summed E-state index contributed by atoms with van der Waals surface area (Å²) in [7, 11) is 2.23. The van der Waals surface area contributed by atoms with Crippen LogP contribution in [-0.2, 0) is 0 Å². The lowest BCUT2D eigenvalue weighted by Gasteiger charge is -2.55. The first-order valence-electron chi connectivity index (χ1n) is 4.18. The topological polar surface area (TPSA) is 3.24 Å². The molecule has 10 heavy (non-hydrogen) atoms. The third-order valence-electron chi connectivity index (χ3n) is 2.93. The molecule has 1 heteroatoms. The predicted octanol–water partition coefficient (Wildman–Crippen LogP) is 2.13. The van der Waals surface area contributed by atoms with E-state index in [1.165, 1.54) is 6.42 Å². The minimum absolute atomic E-state index is 0.467. The van der Waals surface area contributed by atoms with E-state index in [0.717, 1.165) is 12.0 Å². The summed E-state index contributed by atoms with van der Waals surface area (Å²) in [5.41, 5.74) is 0.467. The van der Waals surface area contributed by atoms with Crippen LogP contribution >= 0.6 is 0 Å². The molecule has 60 valence electrons. The molecule has 1 unspecified atom stereocenters. The highest BCUT2D eigenvalue weighted by atomic mass is 15.3. The molecule has 0 aliphatic carbocycles. The lowest BCUT2D eigenvalue weighted by atomic mass is 9.77. The van der Waals surface area contributed by atoms with Crippen molar-refractivity contribution < 1.29 is 0 Å². The molecular formula is C9H19N. The molecule has 1 nitrogen and oxygen atoms in total. The second-order valence-electron chi connectivity index (χ2n) is 4.44. The Bertz CT molecular complexity index is 127. The van der Waals surface area contributed by atoms with Crippen LogP contribution in [0.4, 0.5) is 0 Å². The number of rotatable bonds is 1. The highest BCUT2D eigenvalue weighted by molar-refractivity contribution is 4.99. The summed E-state index contributed by atoms with van der Waals surface area (Å²) in [6.07, 6.45) is 1.36. The zero-order valence-corrected chi connectivity index (χ0v) is 7.81. The van der Waals surface area contributed by atoms with E-state index in [9.17, 15) is 0 Å². The Kier molecular flexibility index (Phi) is 1.80. The first-order valence-corrected chi connectivity index (χ1v) is 4.18. The normalized spacial score (nSPS) is 32.4. The van der Waals surface area contributed by atoms with Crippen molar-refractivity contribution in [1.29, 1.82) is 0 Å². The summed E-state index contributed by atoms with van der Waals surface area (Å²) in [4.78, 5) is 2.48. The Hall–Kier alpha value is -0.0400. The van der Waals surface area contributed by atoms with E-state index in [1.54, 1.807) is 0 Å². The van der Waals surface area contributed by atoms with Crippen molar-refractivity contribution in [2.75, 3.05) is 7.05 Å². The molecule has 1 atom stereocenters. The van der Waals surface area contributed by atoms with Crippen LogP contribution in [0.2, 0.25) is 0 Å². The molecule has 1 aliphatic heterocycles. The summed E-state index contributed by atoms with van der Waals surface area (Å²) < 4.78 is 0. The zero-order chi connectivity index (χ0) is 7.94. The quantitative estimate of drug-likeness (QED) is 0.540. The van der Waals surface area contributed by atoms with Gasteiger partial charge in [-0.25, -0.2) is 0 Å². The zero-order valence-electron chi connectivity index (χ0n) is 7.81. The van der Waals surface area contributed by atoms with Gasteiger partial charge in [0.1, 0.15) is 0 Å². The third-order valence-corrected chi connectivity index (χ3v) is 2.93. The second-order valence-corrected chi connectivity index (χ2v) is 4.44. The minimum atomic E-state index is 0.467. The van der Waals surface area contributed by atoms with Gasteiger partial charge in [-0.1, -0.05) is 13.8 Å². The fraction of sp³-hybridized carbons (Fsp3) is 1.00. The summed E-state index contributed by atoms with van der Waals surface area (Å²) in [5, 5.41) is 0. The van der Waals surface area contributed by atoms with Gasteiger partial charge in [-0.3, -0.25) is 4.90 Å². The molecule has 0 radical (unpaired) electrons. The van der Waals surface area contributed by atoms with E-state index < -0.39 is 0 Å². The van der Waals surface area contributed by atoms with E-state index in [-0.39, 0.29) is 0 Å². The van der Waals surface area contributed by atoms with E-state index in [0.29, 0.717) is 5.54 Å². The van der Waals surface area contributed by atoms with Gasteiger partial charge in [-0.05, 0) is 33.2 Å². The Balaban J connectivity index is 2.47. The maximum absolute atomic E-state index is 2.48. The van der Waals surface area contributed by atoms with Crippen LogP contribution < -0.4 is 0 Å². The highest BCUT2D eigenvalue weighted by Crippen LogP contribution is 2.37. The maximum atomic E-state index is 2.48.